The van der Waals surface area contributed by atoms with E-state index < -0.39 is 11.9 Å². The average Bonchev–Trinajstić information content (AvgIpc) is 3.64. The van der Waals surface area contributed by atoms with Gasteiger partial charge in [-0.1, -0.05) is 12.7 Å². The number of fused-ring (bicyclic) bond motifs is 8. The van der Waals surface area contributed by atoms with Gasteiger partial charge in [-0.25, -0.2) is 0 Å². The van der Waals surface area contributed by atoms with E-state index in [1.54, 1.807) is 6.08 Å². The molecule has 4 aromatic rings. The van der Waals surface area contributed by atoms with Gasteiger partial charge in [0.15, 0.2) is 6.29 Å². The number of hydrogen-bond donors (Lipinski definition) is 6. The van der Waals surface area contributed by atoms with E-state index in [1.165, 1.54) is 0 Å². The normalized spacial score (nSPS) is 12.6. The van der Waals surface area contributed by atoms with Crippen LogP contribution in [0.15, 0.2) is 24.8 Å². The molecule has 8 bridgehead atoms. The van der Waals surface area contributed by atoms with E-state index in [1.807, 2.05) is 45.9 Å². The van der Waals surface area contributed by atoms with E-state index in [4.69, 9.17) is 0 Å². The third-order valence-electron chi connectivity index (χ3n) is 8.13. The lowest BCUT2D eigenvalue weighted by molar-refractivity contribution is -0.138. The number of aliphatic carboxylic acids is 2. The first-order chi connectivity index (χ1) is 20.0. The average molecular weight is 567 g/mol. The molecule has 0 atom stereocenters. The Hall–Kier alpha value is -5.05. The van der Waals surface area contributed by atoms with E-state index in [-0.39, 0.29) is 19.3 Å². The zero-order valence-corrected chi connectivity index (χ0v) is 24.1. The van der Waals surface area contributed by atoms with E-state index in [9.17, 15) is 24.6 Å². The number of hydrogen-bond acceptors (Lipinski definition) is 3. The summed E-state index contributed by atoms with van der Waals surface area (Å²) in [5, 5.41) is 21.9. The van der Waals surface area contributed by atoms with Crippen LogP contribution in [-0.2, 0) is 27.2 Å². The number of aldehydes is 1. The number of carboxylic acids is 2. The molecule has 0 spiro atoms. The Morgan fingerprint density at radius 3 is 2.10 bits per heavy atom. The maximum atomic E-state index is 12.6. The number of carboxylic acid groups (broad SMARTS) is 2. The Morgan fingerprint density at radius 1 is 0.786 bits per heavy atom. The van der Waals surface area contributed by atoms with Gasteiger partial charge >= 0.3 is 11.9 Å². The van der Waals surface area contributed by atoms with E-state index in [2.05, 4.69) is 32.6 Å². The van der Waals surface area contributed by atoms with Gasteiger partial charge in [-0.3, -0.25) is 14.4 Å². The smallest absolute Gasteiger partial charge is 0.303 e. The monoisotopic (exact) mass is 566 g/mol. The van der Waals surface area contributed by atoms with Gasteiger partial charge < -0.3 is 30.1 Å². The van der Waals surface area contributed by atoms with E-state index >= 15 is 0 Å². The molecule has 4 aromatic heterocycles. The highest BCUT2D eigenvalue weighted by Crippen LogP contribution is 2.23. The third-order valence-corrected chi connectivity index (χ3v) is 8.13. The second-order valence-electron chi connectivity index (χ2n) is 10.8. The molecule has 0 aliphatic carbocycles. The molecule has 42 heavy (non-hydrogen) atoms. The fraction of sp³-hybridized carbons (Fsp3) is 0.242. The third kappa shape index (κ3) is 5.09. The summed E-state index contributed by atoms with van der Waals surface area (Å²) in [7, 11) is 0. The summed E-state index contributed by atoms with van der Waals surface area (Å²) in [5.74, 6) is -1.82. The minimum atomic E-state index is -0.923. The van der Waals surface area contributed by atoms with Gasteiger partial charge in [0.1, 0.15) is 0 Å². The molecule has 6 N–H and O–H groups in total. The standard InChI is InChI=1S/C33H34N4O5/c1-6-20-26-11-16(2)24(34-26)13-25-18(4)21(7-9-30(39)40)28(35-25)14-29-22(8-10-31(41)42)19(5)33(37-29)23(15-38)27-12-17(3)32(20)36-27/h6,11-15,34-37H,1,7-10H2,2-5H3,(H,39,40)(H,41,42). The molecular formula is C33H34N4O5. The molecule has 5 rings (SSSR count). The fourth-order valence-corrected chi connectivity index (χ4v) is 5.85. The van der Waals surface area contributed by atoms with Crippen molar-refractivity contribution in [3.8, 4) is 0 Å². The number of allylic oxidation sites excluding steroid dienone is 1. The highest BCUT2D eigenvalue weighted by atomic mass is 16.4. The molecule has 216 valence electrons. The van der Waals surface area contributed by atoms with Crippen molar-refractivity contribution in [1.29, 1.82) is 0 Å². The predicted molar refractivity (Wildman–Crippen MR) is 161 cm³/mol. The summed E-state index contributed by atoms with van der Waals surface area (Å²) in [6.07, 6.45) is 6.94. The number of carbonyl (C=O) groups is 3. The zero-order chi connectivity index (χ0) is 30.3. The van der Waals surface area contributed by atoms with Gasteiger partial charge in [-0.15, -0.1) is 0 Å². The summed E-state index contributed by atoms with van der Waals surface area (Å²) in [4.78, 5) is 49.5. The highest BCUT2D eigenvalue weighted by molar-refractivity contribution is 6.06. The van der Waals surface area contributed by atoms with Crippen molar-refractivity contribution in [2.24, 2.45) is 0 Å². The molecule has 0 saturated heterocycles. The number of rotatable bonds is 8. The van der Waals surface area contributed by atoms with Crippen LogP contribution < -0.4 is 21.4 Å². The number of carbonyl (C=O) groups excluding carboxylic acids is 1. The van der Waals surface area contributed by atoms with Gasteiger partial charge in [0.25, 0.3) is 0 Å². The van der Waals surface area contributed by atoms with Gasteiger partial charge in [-0.2, -0.15) is 0 Å². The topological polar surface area (TPSA) is 155 Å². The molecule has 0 amide bonds. The maximum Gasteiger partial charge on any atom is 0.303 e. The number of nitrogens with one attached hydrogen (secondary N) is 4. The first-order valence-corrected chi connectivity index (χ1v) is 13.8. The van der Waals surface area contributed by atoms with Crippen LogP contribution in [0.1, 0.15) is 69.0 Å². The molecule has 0 fully saturated rings. The van der Waals surface area contributed by atoms with Crippen molar-refractivity contribution >= 4 is 41.5 Å². The van der Waals surface area contributed by atoms with Crippen molar-refractivity contribution in [3.63, 3.8) is 0 Å². The van der Waals surface area contributed by atoms with Crippen LogP contribution in [0.4, 0.5) is 0 Å². The van der Waals surface area contributed by atoms with E-state index in [0.29, 0.717) is 28.4 Å². The molecule has 0 radical (unpaired) electrons. The van der Waals surface area contributed by atoms with Crippen LogP contribution >= 0.6 is 0 Å². The van der Waals surface area contributed by atoms with E-state index in [0.717, 1.165) is 73.0 Å². The van der Waals surface area contributed by atoms with Crippen molar-refractivity contribution in [2.45, 2.75) is 53.4 Å². The quantitative estimate of drug-likeness (QED) is 0.180. The second-order valence-corrected chi connectivity index (χ2v) is 10.8. The lowest BCUT2D eigenvalue weighted by Crippen LogP contribution is -2.17. The number of aromatic nitrogens is 4. The van der Waals surface area contributed by atoms with Crippen LogP contribution in [0.25, 0.3) is 23.3 Å². The minimum absolute atomic E-state index is 0.0411. The van der Waals surface area contributed by atoms with Gasteiger partial charge in [0.05, 0.1) is 22.3 Å². The predicted octanol–water partition coefficient (Wildman–Crippen LogP) is 2.02. The van der Waals surface area contributed by atoms with Gasteiger partial charge in [-0.05, 0) is 98.2 Å². The van der Waals surface area contributed by atoms with Gasteiger partial charge in [0.2, 0.25) is 0 Å². The van der Waals surface area contributed by atoms with Crippen LogP contribution in [0.2, 0.25) is 0 Å². The minimum Gasteiger partial charge on any atom is -0.481 e. The molecule has 1 aliphatic rings. The molecule has 0 aromatic carbocycles. The molecule has 5 heterocycles. The second kappa shape index (κ2) is 11.1. The maximum absolute atomic E-state index is 12.6. The Labute approximate surface area is 241 Å². The van der Waals surface area contributed by atoms with Crippen LogP contribution in [0, 0.1) is 27.7 Å². The molecule has 9 heteroatoms. The van der Waals surface area contributed by atoms with Crippen molar-refractivity contribution in [2.75, 3.05) is 0 Å². The van der Waals surface area contributed by atoms with Crippen LogP contribution in [0.3, 0.4) is 0 Å². The first kappa shape index (κ1) is 28.5. The fourth-order valence-electron chi connectivity index (χ4n) is 5.85. The van der Waals surface area contributed by atoms with Crippen LogP contribution in [0.5, 0.6) is 0 Å². The van der Waals surface area contributed by atoms with Crippen molar-refractivity contribution < 1.29 is 24.6 Å². The van der Waals surface area contributed by atoms with Gasteiger partial charge in [0, 0.05) is 45.8 Å². The molecular weight excluding hydrogens is 532 g/mol. The lowest BCUT2D eigenvalue weighted by atomic mass is 10.0. The Bertz CT molecular complexity index is 2030. The Kier molecular flexibility index (Phi) is 7.51. The highest BCUT2D eigenvalue weighted by Gasteiger charge is 2.18. The largest absolute Gasteiger partial charge is 0.481 e. The number of H-pyrrole nitrogens is 4. The molecule has 1 aliphatic heterocycles. The lowest BCUT2D eigenvalue weighted by Gasteiger charge is -2.02. The Morgan fingerprint density at radius 2 is 1.45 bits per heavy atom. The molecule has 0 saturated carbocycles. The zero-order valence-electron chi connectivity index (χ0n) is 24.1. The van der Waals surface area contributed by atoms with Crippen LogP contribution in [-0.4, -0.2) is 48.4 Å². The SMILES string of the molecule is C=CC1=c2cc(C)c([nH]2)=Cc2[nH]c(c(CCC(=O)O)c2C)C=c2[nH]c(c(C)c2CCC(=O)O)=C(C=O)c2cc(C)c1[nH]2. The number of aryl methyl sites for hydroxylation is 2. The number of aromatic amines is 4. The summed E-state index contributed by atoms with van der Waals surface area (Å²) in [6.45, 7) is 11.9. The Balaban J connectivity index is 1.95. The summed E-state index contributed by atoms with van der Waals surface area (Å²) >= 11 is 0. The van der Waals surface area contributed by atoms with Crippen molar-refractivity contribution in [3.05, 3.63) is 102 Å². The van der Waals surface area contributed by atoms with Crippen molar-refractivity contribution in [1.82, 2.24) is 19.9 Å². The molecule has 9 nitrogen and oxygen atoms in total. The summed E-state index contributed by atoms with van der Waals surface area (Å²) < 4.78 is 0. The summed E-state index contributed by atoms with van der Waals surface area (Å²) in [6, 6.07) is 3.98. The first-order valence-electron chi connectivity index (χ1n) is 13.8. The molecule has 0 unspecified atom stereocenters. The summed E-state index contributed by atoms with van der Waals surface area (Å²) in [5.41, 5.74) is 9.59.